The minimum atomic E-state index is -0.429. The molecule has 2 saturated heterocycles. The summed E-state index contributed by atoms with van der Waals surface area (Å²) in [5.41, 5.74) is 1.92. The molecule has 0 unspecified atom stereocenters. The average Bonchev–Trinajstić information content (AvgIpc) is 3.07. The van der Waals surface area contributed by atoms with Gasteiger partial charge in [-0.25, -0.2) is 0 Å². The fourth-order valence-corrected chi connectivity index (χ4v) is 4.41. The highest BCUT2D eigenvalue weighted by Crippen LogP contribution is 2.32. The lowest BCUT2D eigenvalue weighted by molar-refractivity contribution is -0.136. The van der Waals surface area contributed by atoms with Crippen molar-refractivity contribution >= 4 is 40.6 Å². The van der Waals surface area contributed by atoms with Crippen molar-refractivity contribution in [3.8, 4) is 5.75 Å². The maximum Gasteiger partial charge on any atom is 0.294 e. The molecule has 0 saturated carbocycles. The van der Waals surface area contributed by atoms with E-state index in [9.17, 15) is 14.4 Å². The van der Waals surface area contributed by atoms with Crippen LogP contribution in [0.2, 0.25) is 0 Å². The number of ether oxygens (including phenoxy) is 1. The summed E-state index contributed by atoms with van der Waals surface area (Å²) in [5.74, 6) is 0.0750. The van der Waals surface area contributed by atoms with Gasteiger partial charge in [0.25, 0.3) is 11.1 Å². The van der Waals surface area contributed by atoms with Crippen LogP contribution in [0.4, 0.5) is 10.5 Å². The van der Waals surface area contributed by atoms with Gasteiger partial charge in [0.2, 0.25) is 5.91 Å². The molecule has 7 nitrogen and oxygen atoms in total. The van der Waals surface area contributed by atoms with Crippen LogP contribution in [0.3, 0.4) is 0 Å². The van der Waals surface area contributed by atoms with Crippen LogP contribution in [-0.4, -0.2) is 66.7 Å². The Morgan fingerprint density at radius 1 is 1.00 bits per heavy atom. The highest BCUT2D eigenvalue weighted by atomic mass is 32.2. The van der Waals surface area contributed by atoms with Crippen LogP contribution in [0.5, 0.6) is 5.75 Å². The van der Waals surface area contributed by atoms with Gasteiger partial charge in [0.15, 0.2) is 0 Å². The Morgan fingerprint density at radius 3 is 2.32 bits per heavy atom. The molecule has 2 aliphatic rings. The summed E-state index contributed by atoms with van der Waals surface area (Å²) in [4.78, 5) is 43.1. The van der Waals surface area contributed by atoms with Crippen LogP contribution in [0.25, 0.3) is 6.08 Å². The summed E-state index contributed by atoms with van der Waals surface area (Å²) in [6.07, 6.45) is 1.66. The van der Waals surface area contributed by atoms with E-state index in [4.69, 9.17) is 4.74 Å². The fraction of sp³-hybridized carbons (Fsp3) is 0.261. The van der Waals surface area contributed by atoms with Gasteiger partial charge in [-0.15, -0.1) is 0 Å². The maximum atomic E-state index is 12.7. The van der Waals surface area contributed by atoms with E-state index in [0.717, 1.165) is 41.0 Å². The van der Waals surface area contributed by atoms with Crippen molar-refractivity contribution in [2.75, 3.05) is 44.7 Å². The minimum absolute atomic E-state index is 0.208. The zero-order chi connectivity index (χ0) is 21.8. The van der Waals surface area contributed by atoms with E-state index < -0.39 is 11.1 Å². The maximum absolute atomic E-state index is 12.7. The van der Waals surface area contributed by atoms with Gasteiger partial charge in [0, 0.05) is 31.9 Å². The lowest BCUT2D eigenvalue weighted by Crippen LogP contribution is -2.51. The SMILES string of the molecule is COc1ccc(/C=C2/SC(=O)N(CC(=O)N3CCN(c4ccccc4)CC3)C2=O)cc1. The Kier molecular flexibility index (Phi) is 6.27. The van der Waals surface area contributed by atoms with Crippen molar-refractivity contribution in [2.45, 2.75) is 0 Å². The number of hydrogen-bond donors (Lipinski definition) is 0. The Hall–Kier alpha value is -3.26. The molecular formula is C23H23N3O4S. The zero-order valence-corrected chi connectivity index (χ0v) is 18.0. The first-order chi connectivity index (χ1) is 15.0. The third-order valence-electron chi connectivity index (χ3n) is 5.33. The summed E-state index contributed by atoms with van der Waals surface area (Å²) >= 11 is 0.861. The minimum Gasteiger partial charge on any atom is -0.497 e. The van der Waals surface area contributed by atoms with Gasteiger partial charge in [0.1, 0.15) is 12.3 Å². The normalized spacial score (nSPS) is 18.1. The molecule has 4 rings (SSSR count). The number of anilines is 1. The number of hydrogen-bond acceptors (Lipinski definition) is 6. The van der Waals surface area contributed by atoms with Crippen molar-refractivity contribution in [1.82, 2.24) is 9.80 Å². The summed E-state index contributed by atoms with van der Waals surface area (Å²) in [6.45, 7) is 2.33. The number of para-hydroxylation sites is 1. The third kappa shape index (κ3) is 4.74. The number of benzene rings is 2. The van der Waals surface area contributed by atoms with Crippen LogP contribution in [0.1, 0.15) is 5.56 Å². The number of nitrogens with zero attached hydrogens (tertiary/aromatic N) is 3. The predicted molar refractivity (Wildman–Crippen MR) is 121 cm³/mol. The van der Waals surface area contributed by atoms with Crippen LogP contribution in [0.15, 0.2) is 59.5 Å². The summed E-state index contributed by atoms with van der Waals surface area (Å²) in [6, 6.07) is 17.2. The largest absolute Gasteiger partial charge is 0.497 e. The van der Waals surface area contributed by atoms with E-state index in [1.807, 2.05) is 42.5 Å². The molecule has 0 atom stereocenters. The monoisotopic (exact) mass is 437 g/mol. The van der Waals surface area contributed by atoms with Gasteiger partial charge in [0.05, 0.1) is 12.0 Å². The molecule has 2 aromatic carbocycles. The highest BCUT2D eigenvalue weighted by Gasteiger charge is 2.37. The number of imide groups is 1. The molecule has 160 valence electrons. The lowest BCUT2D eigenvalue weighted by Gasteiger charge is -2.36. The van der Waals surface area contributed by atoms with Gasteiger partial charge in [-0.2, -0.15) is 0 Å². The smallest absolute Gasteiger partial charge is 0.294 e. The molecule has 0 N–H and O–H groups in total. The number of rotatable bonds is 5. The molecule has 8 heteroatoms. The molecule has 2 aliphatic heterocycles. The molecule has 0 bridgehead atoms. The summed E-state index contributed by atoms with van der Waals surface area (Å²) in [5, 5.41) is -0.416. The summed E-state index contributed by atoms with van der Waals surface area (Å²) in [7, 11) is 1.58. The topological polar surface area (TPSA) is 70.2 Å². The van der Waals surface area contributed by atoms with Crippen molar-refractivity contribution in [3.05, 3.63) is 65.1 Å². The molecule has 2 fully saturated rings. The van der Waals surface area contributed by atoms with Gasteiger partial charge in [-0.1, -0.05) is 30.3 Å². The molecule has 0 aliphatic carbocycles. The van der Waals surface area contributed by atoms with E-state index in [0.29, 0.717) is 23.7 Å². The van der Waals surface area contributed by atoms with Gasteiger partial charge >= 0.3 is 0 Å². The summed E-state index contributed by atoms with van der Waals surface area (Å²) < 4.78 is 5.13. The first-order valence-corrected chi connectivity index (χ1v) is 10.8. The second-order valence-corrected chi connectivity index (χ2v) is 8.24. The van der Waals surface area contributed by atoms with Crippen LogP contribution in [-0.2, 0) is 9.59 Å². The van der Waals surface area contributed by atoms with Gasteiger partial charge in [-0.3, -0.25) is 19.3 Å². The van der Waals surface area contributed by atoms with E-state index >= 15 is 0 Å². The van der Waals surface area contributed by atoms with Crippen molar-refractivity contribution < 1.29 is 19.1 Å². The Bertz CT molecular complexity index is 999. The van der Waals surface area contributed by atoms with Crippen molar-refractivity contribution in [1.29, 1.82) is 0 Å². The number of carbonyl (C=O) groups is 3. The molecule has 0 aromatic heterocycles. The molecule has 31 heavy (non-hydrogen) atoms. The Balaban J connectivity index is 1.35. The second-order valence-electron chi connectivity index (χ2n) is 7.24. The fourth-order valence-electron chi connectivity index (χ4n) is 3.58. The first-order valence-electron chi connectivity index (χ1n) is 10.0. The average molecular weight is 438 g/mol. The van der Waals surface area contributed by atoms with E-state index in [1.165, 1.54) is 0 Å². The van der Waals surface area contributed by atoms with Crippen molar-refractivity contribution in [2.24, 2.45) is 0 Å². The Morgan fingerprint density at radius 2 is 1.68 bits per heavy atom. The van der Waals surface area contributed by atoms with E-state index in [2.05, 4.69) is 4.90 Å². The van der Waals surface area contributed by atoms with Crippen LogP contribution >= 0.6 is 11.8 Å². The van der Waals surface area contributed by atoms with E-state index in [-0.39, 0.29) is 12.5 Å². The van der Waals surface area contributed by atoms with Crippen LogP contribution < -0.4 is 9.64 Å². The van der Waals surface area contributed by atoms with Crippen molar-refractivity contribution in [3.63, 3.8) is 0 Å². The molecule has 0 spiro atoms. The second kappa shape index (κ2) is 9.26. The number of thioether (sulfide) groups is 1. The number of amides is 3. The van der Waals surface area contributed by atoms with E-state index in [1.54, 1.807) is 30.2 Å². The first kappa shape index (κ1) is 21.0. The number of piperazine rings is 1. The van der Waals surface area contributed by atoms with Gasteiger partial charge < -0.3 is 14.5 Å². The highest BCUT2D eigenvalue weighted by molar-refractivity contribution is 8.18. The predicted octanol–water partition coefficient (Wildman–Crippen LogP) is 3.08. The number of methoxy groups -OCH3 is 1. The molecular weight excluding hydrogens is 414 g/mol. The molecule has 2 aromatic rings. The zero-order valence-electron chi connectivity index (χ0n) is 17.2. The lowest BCUT2D eigenvalue weighted by atomic mass is 10.2. The molecule has 0 radical (unpaired) electrons. The molecule has 3 amide bonds. The van der Waals surface area contributed by atoms with Crippen LogP contribution in [0, 0.1) is 0 Å². The Labute approximate surface area is 185 Å². The van der Waals surface area contributed by atoms with Gasteiger partial charge in [-0.05, 0) is 47.7 Å². The number of carbonyl (C=O) groups excluding carboxylic acids is 3. The molecule has 2 heterocycles. The quantitative estimate of drug-likeness (QED) is 0.670. The third-order valence-corrected chi connectivity index (χ3v) is 6.24. The standard InChI is InChI=1S/C23H23N3O4S/c1-30-19-9-7-17(8-10-19)15-20-22(28)26(23(29)31-20)16-21(27)25-13-11-24(12-14-25)18-5-3-2-4-6-18/h2-10,15H,11-14,16H2,1H3/b20-15+.